The molecule has 10 heteroatoms. The van der Waals surface area contributed by atoms with Gasteiger partial charge in [-0.15, -0.1) is 0 Å². The maximum absolute atomic E-state index is 12.9. The van der Waals surface area contributed by atoms with Crippen molar-refractivity contribution in [2.75, 3.05) is 25.0 Å². The van der Waals surface area contributed by atoms with Crippen LogP contribution in [0.15, 0.2) is 23.1 Å². The van der Waals surface area contributed by atoms with E-state index in [9.17, 15) is 22.8 Å². The number of nitrogens with zero attached hydrogens (tertiary/aromatic N) is 2. The number of hydrogen-bond donors (Lipinski definition) is 2. The van der Waals surface area contributed by atoms with Gasteiger partial charge in [-0.1, -0.05) is 12.5 Å². The lowest BCUT2D eigenvalue weighted by atomic mass is 9.77. The minimum Gasteiger partial charge on any atom is -0.324 e. The fourth-order valence-electron chi connectivity index (χ4n) is 4.17. The van der Waals surface area contributed by atoms with E-state index in [2.05, 4.69) is 10.6 Å². The Morgan fingerprint density at radius 3 is 2.43 bits per heavy atom. The van der Waals surface area contributed by atoms with Crippen molar-refractivity contribution in [3.63, 3.8) is 0 Å². The molecule has 1 saturated carbocycles. The van der Waals surface area contributed by atoms with Crippen molar-refractivity contribution >= 4 is 33.6 Å². The molecular weight excluding hydrogens is 408 g/mol. The number of urea groups is 1. The quantitative estimate of drug-likeness (QED) is 0.683. The zero-order chi connectivity index (χ0) is 21.5. The number of sulfonamides is 1. The van der Waals surface area contributed by atoms with Crippen LogP contribution >= 0.6 is 0 Å². The molecule has 1 aromatic carbocycles. The van der Waals surface area contributed by atoms with Gasteiger partial charge < -0.3 is 10.6 Å². The molecule has 0 aromatic heterocycles. The number of anilines is 1. The Labute approximate surface area is 175 Å². The molecule has 4 rings (SSSR count). The van der Waals surface area contributed by atoms with Crippen molar-refractivity contribution in [1.82, 2.24) is 14.5 Å². The summed E-state index contributed by atoms with van der Waals surface area (Å²) in [5.74, 6) is -0.919. The fraction of sp³-hybridized carbons (Fsp3) is 0.550. The highest BCUT2D eigenvalue weighted by Gasteiger charge is 2.54. The van der Waals surface area contributed by atoms with Gasteiger partial charge >= 0.3 is 6.03 Å². The number of benzene rings is 1. The van der Waals surface area contributed by atoms with Gasteiger partial charge in [0.25, 0.3) is 5.91 Å². The second kappa shape index (κ2) is 7.66. The van der Waals surface area contributed by atoms with Gasteiger partial charge in [0, 0.05) is 18.8 Å². The van der Waals surface area contributed by atoms with Gasteiger partial charge in [0.15, 0.2) is 0 Å². The van der Waals surface area contributed by atoms with Crippen molar-refractivity contribution in [2.24, 2.45) is 0 Å². The molecular formula is C20H26N4O5S. The highest BCUT2D eigenvalue weighted by Crippen LogP contribution is 2.37. The summed E-state index contributed by atoms with van der Waals surface area (Å²) in [6.07, 6.45) is 4.73. The van der Waals surface area contributed by atoms with Gasteiger partial charge in [-0.3, -0.25) is 14.5 Å². The Bertz CT molecular complexity index is 996. The molecule has 3 aliphatic rings. The number of amides is 4. The molecule has 1 aromatic rings. The molecule has 0 atom stereocenters. The molecule has 1 spiro atoms. The lowest BCUT2D eigenvalue weighted by molar-refractivity contribution is -0.136. The molecule has 2 N–H and O–H groups in total. The molecule has 162 valence electrons. The molecule has 2 aliphatic heterocycles. The number of piperidine rings is 1. The second-order valence-electron chi connectivity index (χ2n) is 8.25. The van der Waals surface area contributed by atoms with E-state index in [0.717, 1.165) is 30.6 Å². The first-order valence-electron chi connectivity index (χ1n) is 10.3. The van der Waals surface area contributed by atoms with Gasteiger partial charge in [0.1, 0.15) is 12.1 Å². The van der Waals surface area contributed by atoms with Gasteiger partial charge in [-0.05, 0) is 56.7 Å². The summed E-state index contributed by atoms with van der Waals surface area (Å²) in [5, 5.41) is 5.35. The number of hydrogen-bond acceptors (Lipinski definition) is 5. The number of rotatable bonds is 5. The third kappa shape index (κ3) is 3.58. The molecule has 4 amide bonds. The summed E-state index contributed by atoms with van der Waals surface area (Å²) >= 11 is 0. The monoisotopic (exact) mass is 434 g/mol. The van der Waals surface area contributed by atoms with E-state index in [1.54, 1.807) is 13.0 Å². The first-order valence-corrected chi connectivity index (χ1v) is 11.7. The second-order valence-corrected chi connectivity index (χ2v) is 10.2. The van der Waals surface area contributed by atoms with E-state index < -0.39 is 34.0 Å². The number of nitrogens with one attached hydrogen (secondary N) is 2. The molecule has 0 bridgehead atoms. The zero-order valence-corrected chi connectivity index (χ0v) is 17.8. The topological polar surface area (TPSA) is 116 Å². The molecule has 9 nitrogen and oxygen atoms in total. The van der Waals surface area contributed by atoms with Gasteiger partial charge in [-0.2, -0.15) is 4.31 Å². The number of carbonyl (C=O) groups is 3. The Kier molecular flexibility index (Phi) is 5.31. The fourth-order valence-corrected chi connectivity index (χ4v) is 5.72. The lowest BCUT2D eigenvalue weighted by Crippen LogP contribution is -2.52. The molecule has 0 unspecified atom stereocenters. The predicted octanol–water partition coefficient (Wildman–Crippen LogP) is 1.58. The molecule has 1 aliphatic carbocycles. The SMILES string of the molecule is Cc1ccc(S(=O)(=O)N2CCCCC2)cc1NC(=O)CN1C(=O)NC2(CCC2)C1=O. The average molecular weight is 435 g/mol. The third-order valence-electron chi connectivity index (χ3n) is 6.19. The van der Waals surface area contributed by atoms with Crippen LogP contribution in [0.3, 0.4) is 0 Å². The first kappa shape index (κ1) is 20.8. The third-order valence-corrected chi connectivity index (χ3v) is 8.09. The molecule has 0 radical (unpaired) electrons. The maximum Gasteiger partial charge on any atom is 0.325 e. The van der Waals surface area contributed by atoms with Crippen LogP contribution in [0.2, 0.25) is 0 Å². The Balaban J connectivity index is 1.48. The lowest BCUT2D eigenvalue weighted by Gasteiger charge is -2.34. The van der Waals surface area contributed by atoms with Crippen LogP contribution in [0, 0.1) is 6.92 Å². The Morgan fingerprint density at radius 1 is 1.13 bits per heavy atom. The summed E-state index contributed by atoms with van der Waals surface area (Å²) in [6, 6.07) is 4.06. The molecule has 3 fully saturated rings. The normalized spacial score (nSPS) is 21.4. The predicted molar refractivity (Wildman–Crippen MR) is 109 cm³/mol. The van der Waals surface area contributed by atoms with E-state index in [1.807, 2.05) is 0 Å². The minimum absolute atomic E-state index is 0.119. The van der Waals surface area contributed by atoms with Crippen LogP contribution in [-0.4, -0.2) is 60.6 Å². The van der Waals surface area contributed by atoms with Crippen molar-refractivity contribution < 1.29 is 22.8 Å². The summed E-state index contributed by atoms with van der Waals surface area (Å²) in [6.45, 7) is 2.33. The van der Waals surface area contributed by atoms with E-state index >= 15 is 0 Å². The number of aryl methyl sites for hydroxylation is 1. The summed E-state index contributed by atoms with van der Waals surface area (Å²) < 4.78 is 27.3. The minimum atomic E-state index is -3.63. The van der Waals surface area contributed by atoms with Crippen LogP contribution < -0.4 is 10.6 Å². The van der Waals surface area contributed by atoms with Crippen LogP contribution in [0.4, 0.5) is 10.5 Å². The van der Waals surface area contributed by atoms with E-state index in [1.165, 1.54) is 16.4 Å². The highest BCUT2D eigenvalue weighted by atomic mass is 32.2. The Hall–Kier alpha value is -2.46. The van der Waals surface area contributed by atoms with Crippen LogP contribution in [-0.2, 0) is 19.6 Å². The van der Waals surface area contributed by atoms with Gasteiger partial charge in [0.2, 0.25) is 15.9 Å². The van der Waals surface area contributed by atoms with E-state index in [-0.39, 0.29) is 10.8 Å². The maximum atomic E-state index is 12.9. The standard InChI is InChI=1S/C20H26N4O5S/c1-14-6-7-15(30(28,29)23-10-3-2-4-11-23)12-16(14)21-17(25)13-24-18(26)20(8-5-9-20)22-19(24)27/h6-7,12H,2-5,8-11,13H2,1H3,(H,21,25)(H,22,27). The average Bonchev–Trinajstić information content (AvgIpc) is 2.95. The first-order chi connectivity index (χ1) is 14.2. The number of imide groups is 1. The highest BCUT2D eigenvalue weighted by molar-refractivity contribution is 7.89. The molecule has 30 heavy (non-hydrogen) atoms. The largest absolute Gasteiger partial charge is 0.325 e. The van der Waals surface area contributed by atoms with Crippen molar-refractivity contribution in [2.45, 2.75) is 55.9 Å². The Morgan fingerprint density at radius 2 is 1.83 bits per heavy atom. The number of carbonyl (C=O) groups excluding carboxylic acids is 3. The van der Waals surface area contributed by atoms with E-state index in [4.69, 9.17) is 0 Å². The molecule has 2 saturated heterocycles. The van der Waals surface area contributed by atoms with Gasteiger partial charge in [0.05, 0.1) is 4.90 Å². The summed E-state index contributed by atoms with van der Waals surface area (Å²) in [7, 11) is -3.63. The summed E-state index contributed by atoms with van der Waals surface area (Å²) in [5.41, 5.74) is 0.201. The van der Waals surface area contributed by atoms with E-state index in [0.29, 0.717) is 37.2 Å². The molecule has 2 heterocycles. The smallest absolute Gasteiger partial charge is 0.324 e. The van der Waals surface area contributed by atoms with Crippen molar-refractivity contribution in [3.8, 4) is 0 Å². The van der Waals surface area contributed by atoms with Crippen LogP contribution in [0.1, 0.15) is 44.1 Å². The van der Waals surface area contributed by atoms with Crippen molar-refractivity contribution in [1.29, 1.82) is 0 Å². The van der Waals surface area contributed by atoms with Crippen LogP contribution in [0.5, 0.6) is 0 Å². The van der Waals surface area contributed by atoms with Gasteiger partial charge in [-0.25, -0.2) is 13.2 Å². The van der Waals surface area contributed by atoms with Crippen LogP contribution in [0.25, 0.3) is 0 Å². The zero-order valence-electron chi connectivity index (χ0n) is 16.9. The summed E-state index contributed by atoms with van der Waals surface area (Å²) in [4.78, 5) is 38.2. The van der Waals surface area contributed by atoms with Crippen molar-refractivity contribution in [3.05, 3.63) is 23.8 Å².